The minimum atomic E-state index is -4.02. The van der Waals surface area contributed by atoms with Crippen molar-refractivity contribution in [2.45, 2.75) is 485 Å². The molecule has 8 fully saturated rings. The molecule has 0 nitrogen and oxygen atoms in total. The Kier molecular flexibility index (Phi) is 44.6. The summed E-state index contributed by atoms with van der Waals surface area (Å²) in [6.45, 7) is 76.2. The largest absolute Gasteiger partial charge is 0.394 e. The Hall–Kier alpha value is -0.630. The monoisotopic (exact) mass is 1480 g/mol. The Morgan fingerprint density at radius 3 is 0.893 bits per heavy atom. The number of hydrogen-bond acceptors (Lipinski definition) is 0. The lowest BCUT2D eigenvalue weighted by molar-refractivity contribution is -0.232. The molecular formula is C94H183F9. The first kappa shape index (κ1) is 104. The van der Waals surface area contributed by atoms with E-state index in [0.717, 1.165) is 78.4 Å². The number of rotatable bonds is 9. The second-order valence-corrected chi connectivity index (χ2v) is 43.3. The van der Waals surface area contributed by atoms with Gasteiger partial charge in [0.1, 0.15) is 0 Å². The molecule has 622 valence electrons. The molecule has 103 heavy (non-hydrogen) atoms. The van der Waals surface area contributed by atoms with Crippen molar-refractivity contribution in [3.63, 3.8) is 0 Å². The summed E-state index contributed by atoms with van der Waals surface area (Å²) in [4.78, 5) is 0. The summed E-state index contributed by atoms with van der Waals surface area (Å²) in [5.74, 6) is 7.74. The van der Waals surface area contributed by atoms with Crippen LogP contribution < -0.4 is 0 Å². The highest BCUT2D eigenvalue weighted by Crippen LogP contribution is 2.61. The lowest BCUT2D eigenvalue weighted by Crippen LogP contribution is -2.45. The highest BCUT2D eigenvalue weighted by molar-refractivity contribution is 5.01. The van der Waals surface area contributed by atoms with Crippen molar-refractivity contribution < 1.29 is 39.5 Å². The Morgan fingerprint density at radius 1 is 0.330 bits per heavy atom. The molecule has 8 aliphatic carbocycles. The highest BCUT2D eigenvalue weighted by Gasteiger charge is 2.56. The van der Waals surface area contributed by atoms with Crippen LogP contribution in [0.5, 0.6) is 0 Å². The first-order valence-corrected chi connectivity index (χ1v) is 43.7. The Balaban J connectivity index is 0. The second kappa shape index (κ2) is 44.0. The molecule has 1 atom stereocenters. The van der Waals surface area contributed by atoms with Crippen molar-refractivity contribution in [1.29, 1.82) is 0 Å². The van der Waals surface area contributed by atoms with E-state index in [1.165, 1.54) is 162 Å². The quantitative estimate of drug-likeness (QED) is 0.202. The third kappa shape index (κ3) is 38.0. The molecule has 9 heteroatoms. The zero-order valence-corrected chi connectivity index (χ0v) is 75.6. The molecular weight excluding hydrogens is 1300 g/mol. The molecule has 0 N–H and O–H groups in total. The summed E-state index contributed by atoms with van der Waals surface area (Å²) in [7, 11) is 0. The number of halogens is 9. The van der Waals surface area contributed by atoms with Crippen LogP contribution in [0.1, 0.15) is 467 Å². The van der Waals surface area contributed by atoms with Crippen LogP contribution in [0.25, 0.3) is 0 Å². The molecule has 8 saturated carbocycles. The number of alkyl halides is 9. The van der Waals surface area contributed by atoms with Gasteiger partial charge in [-0.3, -0.25) is 0 Å². The standard InChI is InChI=1S/C16H30.C14H26.C13H26.C10H17F3.C9H15F3.C8H13F3.2C8H18.C6H14.C2H6/c1-13-6-8-16(9-7-13)11-14(2,3)10-15(4,5)12-16;1-12-4-6-14(7-5-12)10-8-13(2,3)9-11-14;1-10-12(4,5)8-11(2,3)9-13(10,6)7;1-8(2)4-6-9(3,7-5-8)10(11,12)13;1-7-3-5-8(2,6-4-7)9(10,11)12;1-2-7(8(9,10)11)5-3-4-6-7;1-6(2)8(5)7(3)4;1-4-6-7-8(3)5-2;1-4-6(3)5-2;1-2/h13H,6-12H2,1-5H3;12H,4-11H2,1-3H3;10H,8-9H2,1-7H3;4-7H2,1-3H3;7H,3-6H2,1-2H3;2-6H2,1H3;6-8H,1-5H3;8H,4-7H2,1-3H3;6H,4-5H2,1-3H3;1-2H3. The number of hydrogen-bond donors (Lipinski definition) is 0. The second-order valence-electron chi connectivity index (χ2n) is 43.3. The number of unbranched alkanes of at least 4 members (excludes halogenated alkanes) is 1. The van der Waals surface area contributed by atoms with Gasteiger partial charge in [0, 0.05) is 0 Å². The maximum Gasteiger partial charge on any atom is 0.394 e. The molecule has 0 radical (unpaired) electrons. The molecule has 0 aromatic carbocycles. The van der Waals surface area contributed by atoms with Crippen LogP contribution in [-0.2, 0) is 0 Å². The maximum atomic E-state index is 12.6. The molecule has 0 aromatic heterocycles. The third-order valence-corrected chi connectivity index (χ3v) is 28.7. The fourth-order valence-corrected chi connectivity index (χ4v) is 19.6. The van der Waals surface area contributed by atoms with Gasteiger partial charge in [-0.05, 0) is 256 Å². The van der Waals surface area contributed by atoms with Crippen LogP contribution >= 0.6 is 0 Å². The third-order valence-electron chi connectivity index (χ3n) is 28.7. The average Bonchev–Trinajstić information content (AvgIpc) is 1.53. The van der Waals surface area contributed by atoms with Crippen LogP contribution in [0.2, 0.25) is 0 Å². The Bertz CT molecular complexity index is 2090. The highest BCUT2D eigenvalue weighted by atomic mass is 19.4. The molecule has 8 rings (SSSR count). The minimum Gasteiger partial charge on any atom is -0.171 e. The lowest BCUT2D eigenvalue weighted by Gasteiger charge is -2.54. The molecule has 8 aliphatic rings. The molecule has 0 heterocycles. The maximum absolute atomic E-state index is 12.6. The van der Waals surface area contributed by atoms with E-state index in [9.17, 15) is 39.5 Å². The first-order chi connectivity index (χ1) is 46.5. The van der Waals surface area contributed by atoms with E-state index in [4.69, 9.17) is 0 Å². The van der Waals surface area contributed by atoms with Crippen molar-refractivity contribution in [2.24, 2.45) is 118 Å². The van der Waals surface area contributed by atoms with Crippen LogP contribution in [0.4, 0.5) is 39.5 Å². The van der Waals surface area contributed by atoms with E-state index in [2.05, 4.69) is 180 Å². The lowest BCUT2D eigenvalue weighted by atomic mass is 9.51. The van der Waals surface area contributed by atoms with Gasteiger partial charge in [-0.25, -0.2) is 0 Å². The van der Waals surface area contributed by atoms with Gasteiger partial charge < -0.3 is 0 Å². The van der Waals surface area contributed by atoms with Crippen molar-refractivity contribution in [3.8, 4) is 0 Å². The molecule has 0 amide bonds. The van der Waals surface area contributed by atoms with E-state index in [0.29, 0.717) is 82.3 Å². The molecule has 0 saturated heterocycles. The van der Waals surface area contributed by atoms with E-state index in [1.54, 1.807) is 6.92 Å². The van der Waals surface area contributed by atoms with E-state index in [-0.39, 0.29) is 24.7 Å². The van der Waals surface area contributed by atoms with Crippen LogP contribution in [0.3, 0.4) is 0 Å². The molecule has 2 spiro atoms. The summed E-state index contributed by atoms with van der Waals surface area (Å²) in [6, 6.07) is 0. The average molecular weight is 1480 g/mol. The molecule has 0 bridgehead atoms. The predicted octanol–water partition coefficient (Wildman–Crippen LogP) is 35.8. The van der Waals surface area contributed by atoms with Crippen molar-refractivity contribution in [3.05, 3.63) is 0 Å². The summed E-state index contributed by atoms with van der Waals surface area (Å²) in [6.07, 6.45) is 27.7. The van der Waals surface area contributed by atoms with Gasteiger partial charge in [0.2, 0.25) is 0 Å². The van der Waals surface area contributed by atoms with Gasteiger partial charge in [-0.1, -0.05) is 312 Å². The SMILES string of the molecule is CC.CC(C)C(C)C(C)C.CC1(C)CCC(C)(C(F)(F)F)CC1.CC1C(C)(C)CC(C)(C)CC1(C)C.CC1CCC(C)(C(F)(F)F)CC1.CC1CCC2(CC1)CC(C)(C)CC(C)(C)C2.CC1CCC2(CC1)CCC(C)(C)CC2.CCC(C)CC.CCC1(C(F)(F)F)CCCC1.CCCCC(C)CC. The van der Waals surface area contributed by atoms with Gasteiger partial charge in [-0.2, -0.15) is 39.5 Å². The molecule has 0 aromatic rings. The van der Waals surface area contributed by atoms with Crippen molar-refractivity contribution in [1.82, 2.24) is 0 Å². The molecule has 1 unspecified atom stereocenters. The smallest absolute Gasteiger partial charge is 0.171 e. The normalized spacial score (nSPS) is 26.5. The first-order valence-electron chi connectivity index (χ1n) is 43.7. The zero-order chi connectivity index (χ0) is 81.2. The fraction of sp³-hybridized carbons (Fsp3) is 1.00. The van der Waals surface area contributed by atoms with Crippen LogP contribution in [0.15, 0.2) is 0 Å². The van der Waals surface area contributed by atoms with Crippen molar-refractivity contribution >= 4 is 0 Å². The molecule has 0 aliphatic heterocycles. The van der Waals surface area contributed by atoms with E-state index < -0.39 is 34.8 Å². The van der Waals surface area contributed by atoms with Gasteiger partial charge in [0.25, 0.3) is 0 Å². The van der Waals surface area contributed by atoms with Crippen LogP contribution in [-0.4, -0.2) is 18.5 Å². The minimum absolute atomic E-state index is 0.102. The Labute approximate surface area is 639 Å². The van der Waals surface area contributed by atoms with Crippen LogP contribution in [0, 0.1) is 118 Å². The fourth-order valence-electron chi connectivity index (χ4n) is 19.6. The van der Waals surface area contributed by atoms with Gasteiger partial charge in [-0.15, -0.1) is 0 Å². The summed E-state index contributed by atoms with van der Waals surface area (Å²) < 4.78 is 112. The van der Waals surface area contributed by atoms with Gasteiger partial charge >= 0.3 is 18.5 Å². The topological polar surface area (TPSA) is 0 Å². The summed E-state index contributed by atoms with van der Waals surface area (Å²) in [5.41, 5.74) is 0.772. The van der Waals surface area contributed by atoms with E-state index in [1.807, 2.05) is 34.6 Å². The predicted molar refractivity (Wildman–Crippen MR) is 438 cm³/mol. The van der Waals surface area contributed by atoms with Crippen molar-refractivity contribution in [2.75, 3.05) is 0 Å². The van der Waals surface area contributed by atoms with E-state index >= 15 is 0 Å². The Morgan fingerprint density at radius 2 is 0.631 bits per heavy atom. The summed E-state index contributed by atoms with van der Waals surface area (Å²) in [5, 5.41) is 0. The zero-order valence-electron chi connectivity index (χ0n) is 75.6. The van der Waals surface area contributed by atoms with Gasteiger partial charge in [0.05, 0.1) is 16.2 Å². The van der Waals surface area contributed by atoms with Gasteiger partial charge in [0.15, 0.2) is 0 Å². The summed E-state index contributed by atoms with van der Waals surface area (Å²) >= 11 is 0.